The summed E-state index contributed by atoms with van der Waals surface area (Å²) in [5, 5.41) is 3.61. The zero-order chi connectivity index (χ0) is 19.1. The van der Waals surface area contributed by atoms with E-state index in [0.717, 1.165) is 30.8 Å². The first-order valence-corrected chi connectivity index (χ1v) is 10.6. The van der Waals surface area contributed by atoms with Crippen LogP contribution in [-0.4, -0.2) is 35.6 Å². The molecule has 2 amide bonds. The van der Waals surface area contributed by atoms with Crippen LogP contribution >= 0.6 is 23.4 Å². The third kappa shape index (κ3) is 5.75. The Bertz CT molecular complexity index is 789. The fourth-order valence-corrected chi connectivity index (χ4v) is 4.03. The maximum atomic E-state index is 12.8. The van der Waals surface area contributed by atoms with E-state index < -0.39 is 0 Å². The molecule has 3 rings (SSSR count). The van der Waals surface area contributed by atoms with Crippen LogP contribution in [0.5, 0.6) is 0 Å². The van der Waals surface area contributed by atoms with Gasteiger partial charge in [-0.15, -0.1) is 11.8 Å². The van der Waals surface area contributed by atoms with Gasteiger partial charge in [-0.1, -0.05) is 23.7 Å². The highest BCUT2D eigenvalue weighted by Crippen LogP contribution is 2.23. The minimum absolute atomic E-state index is 0.00105. The molecule has 0 unspecified atom stereocenters. The Labute approximate surface area is 169 Å². The van der Waals surface area contributed by atoms with Gasteiger partial charge in [-0.3, -0.25) is 9.59 Å². The third-order valence-electron chi connectivity index (χ3n) is 4.49. The second-order valence-corrected chi connectivity index (χ2v) is 8.10. The molecule has 1 N–H and O–H groups in total. The van der Waals surface area contributed by atoms with E-state index in [1.54, 1.807) is 23.9 Å². The smallest absolute Gasteiger partial charge is 0.255 e. The van der Waals surface area contributed by atoms with Crippen molar-refractivity contribution in [3.8, 4) is 0 Å². The van der Waals surface area contributed by atoms with Crippen molar-refractivity contribution in [2.75, 3.05) is 24.2 Å². The van der Waals surface area contributed by atoms with Gasteiger partial charge in [0.2, 0.25) is 5.91 Å². The van der Waals surface area contributed by atoms with E-state index in [4.69, 9.17) is 11.6 Å². The minimum Gasteiger partial charge on any atom is -0.339 e. The van der Waals surface area contributed by atoms with Crippen molar-refractivity contribution in [3.05, 3.63) is 59.1 Å². The van der Waals surface area contributed by atoms with Gasteiger partial charge in [0.05, 0.1) is 11.3 Å². The predicted molar refractivity (Wildman–Crippen MR) is 112 cm³/mol. The lowest BCUT2D eigenvalue weighted by Gasteiger charge is -2.27. The number of rotatable bonds is 6. The van der Waals surface area contributed by atoms with Crippen LogP contribution in [0.2, 0.25) is 5.02 Å². The number of likely N-dealkylation sites (tertiary alicyclic amines) is 1. The molecular formula is C21H23ClN2O2S. The molecule has 27 heavy (non-hydrogen) atoms. The van der Waals surface area contributed by atoms with Crippen molar-refractivity contribution in [1.82, 2.24) is 4.90 Å². The van der Waals surface area contributed by atoms with Gasteiger partial charge in [-0.2, -0.15) is 0 Å². The van der Waals surface area contributed by atoms with E-state index in [2.05, 4.69) is 5.32 Å². The average Bonchev–Trinajstić information content (AvgIpc) is 2.70. The van der Waals surface area contributed by atoms with Gasteiger partial charge in [0.25, 0.3) is 5.91 Å². The van der Waals surface area contributed by atoms with Crippen molar-refractivity contribution in [1.29, 1.82) is 0 Å². The number of carbonyl (C=O) groups excluding carboxylic acids is 2. The van der Waals surface area contributed by atoms with Crippen LogP contribution in [0, 0.1) is 0 Å². The van der Waals surface area contributed by atoms with Gasteiger partial charge >= 0.3 is 0 Å². The number of nitrogens with one attached hydrogen (secondary N) is 1. The average molecular weight is 403 g/mol. The van der Waals surface area contributed by atoms with Crippen LogP contribution in [0.1, 0.15) is 36.0 Å². The molecule has 2 aromatic carbocycles. The molecule has 1 saturated heterocycles. The van der Waals surface area contributed by atoms with Crippen LogP contribution in [-0.2, 0) is 4.79 Å². The number of piperidine rings is 1. The molecule has 1 fully saturated rings. The van der Waals surface area contributed by atoms with Gasteiger partial charge in [-0.25, -0.2) is 0 Å². The zero-order valence-corrected chi connectivity index (χ0v) is 16.7. The topological polar surface area (TPSA) is 49.4 Å². The molecule has 142 valence electrons. The summed E-state index contributed by atoms with van der Waals surface area (Å²) < 4.78 is 0. The molecule has 4 nitrogen and oxygen atoms in total. The first-order chi connectivity index (χ1) is 13.1. The highest BCUT2D eigenvalue weighted by atomic mass is 35.5. The van der Waals surface area contributed by atoms with Crippen LogP contribution in [0.15, 0.2) is 53.4 Å². The molecular weight excluding hydrogens is 380 g/mol. The van der Waals surface area contributed by atoms with Crippen LogP contribution in [0.25, 0.3) is 0 Å². The Hall–Kier alpha value is -1.98. The Balaban J connectivity index is 1.55. The number of hydrogen-bond acceptors (Lipinski definition) is 3. The van der Waals surface area contributed by atoms with Gasteiger partial charge in [0.15, 0.2) is 0 Å². The maximum absolute atomic E-state index is 12.8. The molecule has 1 heterocycles. The highest BCUT2D eigenvalue weighted by Gasteiger charge is 2.21. The van der Waals surface area contributed by atoms with Crippen LogP contribution in [0.4, 0.5) is 5.69 Å². The van der Waals surface area contributed by atoms with Crippen molar-refractivity contribution < 1.29 is 9.59 Å². The van der Waals surface area contributed by atoms with Crippen LogP contribution in [0.3, 0.4) is 0 Å². The molecule has 0 saturated carbocycles. The Kier molecular flexibility index (Phi) is 7.18. The van der Waals surface area contributed by atoms with Gasteiger partial charge in [-0.05, 0) is 55.7 Å². The molecule has 0 atom stereocenters. The number of halogens is 1. The number of nitrogens with zero attached hydrogens (tertiary/aromatic N) is 1. The summed E-state index contributed by atoms with van der Waals surface area (Å²) in [5.74, 6) is 0.576. The maximum Gasteiger partial charge on any atom is 0.255 e. The third-order valence-corrected chi connectivity index (χ3v) is 5.75. The number of para-hydroxylation sites is 1. The van der Waals surface area contributed by atoms with Crippen molar-refractivity contribution in [2.45, 2.75) is 30.6 Å². The lowest BCUT2D eigenvalue weighted by molar-refractivity contribution is -0.115. The highest BCUT2D eigenvalue weighted by molar-refractivity contribution is 7.99. The first kappa shape index (κ1) is 19.8. The lowest BCUT2D eigenvalue weighted by atomic mass is 10.1. The summed E-state index contributed by atoms with van der Waals surface area (Å²) in [7, 11) is 0. The monoisotopic (exact) mass is 402 g/mol. The molecule has 1 aliphatic heterocycles. The SMILES string of the molecule is O=C(CCSc1ccc(Cl)cc1)Nc1ccccc1C(=O)N1CCCCC1. The predicted octanol–water partition coefficient (Wildman–Crippen LogP) is 5.09. The fourth-order valence-electron chi connectivity index (χ4n) is 3.05. The summed E-state index contributed by atoms with van der Waals surface area (Å²) in [5.41, 5.74) is 1.16. The normalized spacial score (nSPS) is 14.0. The Morgan fingerprint density at radius 2 is 1.70 bits per heavy atom. The molecule has 6 heteroatoms. The van der Waals surface area contributed by atoms with E-state index in [9.17, 15) is 9.59 Å². The van der Waals surface area contributed by atoms with Gasteiger partial charge in [0.1, 0.15) is 0 Å². The summed E-state index contributed by atoms with van der Waals surface area (Å²) >= 11 is 7.49. The van der Waals surface area contributed by atoms with E-state index >= 15 is 0 Å². The van der Waals surface area contributed by atoms with Crippen LogP contribution < -0.4 is 5.32 Å². The zero-order valence-electron chi connectivity index (χ0n) is 15.1. The van der Waals surface area contributed by atoms with Gasteiger partial charge in [0, 0.05) is 35.2 Å². The summed E-state index contributed by atoms with van der Waals surface area (Å²) in [6.45, 7) is 1.58. The number of anilines is 1. The number of carbonyl (C=O) groups is 2. The van der Waals surface area contributed by atoms with E-state index in [0.29, 0.717) is 28.4 Å². The molecule has 0 aromatic heterocycles. The Morgan fingerprint density at radius 1 is 1.00 bits per heavy atom. The number of benzene rings is 2. The number of thioether (sulfide) groups is 1. The quantitative estimate of drug-likeness (QED) is 0.685. The van der Waals surface area contributed by atoms with Gasteiger partial charge < -0.3 is 10.2 Å². The van der Waals surface area contributed by atoms with E-state index in [-0.39, 0.29) is 11.8 Å². The summed E-state index contributed by atoms with van der Waals surface area (Å²) in [6.07, 6.45) is 3.64. The molecule has 0 bridgehead atoms. The van der Waals surface area contributed by atoms with E-state index in [1.807, 2.05) is 41.3 Å². The molecule has 0 spiro atoms. The minimum atomic E-state index is -0.0876. The van der Waals surface area contributed by atoms with Crippen molar-refractivity contribution >= 4 is 40.9 Å². The number of hydrogen-bond donors (Lipinski definition) is 1. The molecule has 0 aliphatic carbocycles. The first-order valence-electron chi connectivity index (χ1n) is 9.20. The molecule has 1 aliphatic rings. The van der Waals surface area contributed by atoms with Crippen molar-refractivity contribution in [2.24, 2.45) is 0 Å². The standard InChI is InChI=1S/C21H23ClN2O2S/c22-16-8-10-17(11-9-16)27-15-12-20(25)23-19-7-3-2-6-18(19)21(26)24-13-4-1-5-14-24/h2-3,6-11H,1,4-5,12-15H2,(H,23,25). The molecule has 0 radical (unpaired) electrons. The molecule has 2 aromatic rings. The van der Waals surface area contributed by atoms with E-state index in [1.165, 1.54) is 6.42 Å². The summed E-state index contributed by atoms with van der Waals surface area (Å²) in [6, 6.07) is 14.8. The fraction of sp³-hybridized carbons (Fsp3) is 0.333. The lowest BCUT2D eigenvalue weighted by Crippen LogP contribution is -2.36. The second kappa shape index (κ2) is 9.81. The Morgan fingerprint density at radius 3 is 2.44 bits per heavy atom. The second-order valence-electron chi connectivity index (χ2n) is 6.50. The summed E-state index contributed by atoms with van der Waals surface area (Å²) in [4.78, 5) is 28.1. The number of amides is 2. The largest absolute Gasteiger partial charge is 0.339 e. The van der Waals surface area contributed by atoms with Crippen molar-refractivity contribution in [3.63, 3.8) is 0 Å².